The van der Waals surface area contributed by atoms with Crippen molar-refractivity contribution in [3.05, 3.63) is 66.2 Å². The van der Waals surface area contributed by atoms with Crippen molar-refractivity contribution in [1.29, 1.82) is 0 Å². The zero-order valence-corrected chi connectivity index (χ0v) is 17.2. The number of benzene rings is 4. The molecule has 0 aliphatic rings. The summed E-state index contributed by atoms with van der Waals surface area (Å²) in [6.45, 7) is 4.82. The average molecular weight is 397 g/mol. The number of aryl methyl sites for hydroxylation is 1. The molecule has 0 heterocycles. The summed E-state index contributed by atoms with van der Waals surface area (Å²) < 4.78 is 0. The second-order valence-corrected chi connectivity index (χ2v) is 7.01. The molecular formula is C24H23N5O. The van der Waals surface area contributed by atoms with Crippen molar-refractivity contribution < 1.29 is 5.11 Å². The van der Waals surface area contributed by atoms with Gasteiger partial charge in [0.15, 0.2) is 5.75 Å². The maximum Gasteiger partial charge on any atom is 0.151 e. The van der Waals surface area contributed by atoms with E-state index < -0.39 is 0 Å². The number of fused-ring (bicyclic) bond motifs is 2. The minimum atomic E-state index is 0.137. The molecule has 0 aromatic heterocycles. The van der Waals surface area contributed by atoms with Gasteiger partial charge in [-0.1, -0.05) is 24.3 Å². The van der Waals surface area contributed by atoms with Crippen LogP contribution < -0.4 is 5.32 Å². The van der Waals surface area contributed by atoms with E-state index in [1.54, 1.807) is 7.05 Å². The van der Waals surface area contributed by atoms with Crippen molar-refractivity contribution in [1.82, 2.24) is 0 Å². The summed E-state index contributed by atoms with van der Waals surface area (Å²) in [5, 5.41) is 34.7. The smallest absolute Gasteiger partial charge is 0.151 e. The summed E-state index contributed by atoms with van der Waals surface area (Å²) in [5.41, 5.74) is 3.85. The Morgan fingerprint density at radius 2 is 1.53 bits per heavy atom. The lowest BCUT2D eigenvalue weighted by atomic mass is 10.0. The van der Waals surface area contributed by atoms with Gasteiger partial charge >= 0.3 is 0 Å². The first kappa shape index (κ1) is 19.5. The highest BCUT2D eigenvalue weighted by Crippen LogP contribution is 2.40. The molecule has 0 atom stereocenters. The third kappa shape index (κ3) is 3.59. The first-order valence-electron chi connectivity index (χ1n) is 9.86. The van der Waals surface area contributed by atoms with Gasteiger partial charge in [0.05, 0.1) is 11.4 Å². The second kappa shape index (κ2) is 8.29. The Balaban J connectivity index is 1.79. The summed E-state index contributed by atoms with van der Waals surface area (Å²) in [5.74, 6) is 0.137. The summed E-state index contributed by atoms with van der Waals surface area (Å²) in [4.78, 5) is 0. The molecule has 0 radical (unpaired) electrons. The molecule has 4 aromatic rings. The van der Waals surface area contributed by atoms with Gasteiger partial charge in [0.25, 0.3) is 0 Å². The largest absolute Gasteiger partial charge is 0.505 e. The molecule has 6 heteroatoms. The van der Waals surface area contributed by atoms with E-state index in [9.17, 15) is 5.11 Å². The second-order valence-electron chi connectivity index (χ2n) is 7.01. The molecule has 0 amide bonds. The van der Waals surface area contributed by atoms with E-state index in [4.69, 9.17) is 0 Å². The van der Waals surface area contributed by atoms with Gasteiger partial charge in [-0.25, -0.2) is 0 Å². The fourth-order valence-corrected chi connectivity index (χ4v) is 3.61. The summed E-state index contributed by atoms with van der Waals surface area (Å²) >= 11 is 0. The molecule has 6 nitrogen and oxygen atoms in total. The van der Waals surface area contributed by atoms with Gasteiger partial charge in [-0.05, 0) is 61.2 Å². The Kier molecular flexibility index (Phi) is 5.39. The Labute approximate surface area is 175 Å². The minimum Gasteiger partial charge on any atom is -0.505 e. The van der Waals surface area contributed by atoms with Gasteiger partial charge in [0.2, 0.25) is 0 Å². The number of anilines is 1. The van der Waals surface area contributed by atoms with Gasteiger partial charge in [-0.2, -0.15) is 10.2 Å². The number of nitrogens with one attached hydrogen (secondary N) is 1. The molecule has 0 spiro atoms. The molecule has 0 saturated carbocycles. The van der Waals surface area contributed by atoms with Crippen LogP contribution in [0.5, 0.6) is 5.75 Å². The van der Waals surface area contributed by atoms with Crippen LogP contribution in [0.25, 0.3) is 21.5 Å². The minimum absolute atomic E-state index is 0.137. The number of hydrogen-bond acceptors (Lipinski definition) is 6. The van der Waals surface area contributed by atoms with Crippen LogP contribution in [0.3, 0.4) is 0 Å². The molecular weight excluding hydrogens is 374 g/mol. The van der Waals surface area contributed by atoms with Crippen molar-refractivity contribution in [2.45, 2.75) is 13.8 Å². The Morgan fingerprint density at radius 3 is 2.20 bits per heavy atom. The maximum absolute atomic E-state index is 10.9. The quantitative estimate of drug-likeness (QED) is 0.340. The van der Waals surface area contributed by atoms with Crippen molar-refractivity contribution in [2.75, 3.05) is 18.9 Å². The van der Waals surface area contributed by atoms with Gasteiger partial charge in [-0.15, -0.1) is 10.2 Å². The highest BCUT2D eigenvalue weighted by Gasteiger charge is 2.11. The third-order valence-electron chi connectivity index (χ3n) is 5.00. The fourth-order valence-electron chi connectivity index (χ4n) is 3.61. The molecule has 0 saturated heterocycles. The van der Waals surface area contributed by atoms with Crippen LogP contribution in [-0.2, 0) is 0 Å². The maximum atomic E-state index is 10.9. The number of azo groups is 2. The lowest BCUT2D eigenvalue weighted by Crippen LogP contribution is -1.95. The molecule has 150 valence electrons. The monoisotopic (exact) mass is 397 g/mol. The number of nitrogens with zero attached hydrogens (tertiary/aromatic N) is 4. The van der Waals surface area contributed by atoms with Crippen LogP contribution in [0, 0.1) is 6.92 Å². The lowest BCUT2D eigenvalue weighted by molar-refractivity contribution is 0.482. The van der Waals surface area contributed by atoms with Crippen molar-refractivity contribution in [3.8, 4) is 5.75 Å². The lowest BCUT2D eigenvalue weighted by Gasteiger charge is -2.10. The molecule has 0 aliphatic heterocycles. The van der Waals surface area contributed by atoms with Crippen molar-refractivity contribution in [2.24, 2.45) is 20.5 Å². The normalized spacial score (nSPS) is 11.8. The van der Waals surface area contributed by atoms with E-state index in [0.29, 0.717) is 11.4 Å². The number of rotatable bonds is 5. The van der Waals surface area contributed by atoms with E-state index in [2.05, 4.69) is 32.7 Å². The SMILES string of the molecule is CCNc1ccc2c(O)c(N=Nc3ccc(N=NC)c4ccccc34)c(C)cc2c1. The predicted octanol–water partition coefficient (Wildman–Crippen LogP) is 7.57. The van der Waals surface area contributed by atoms with Crippen LogP contribution in [-0.4, -0.2) is 18.7 Å². The molecule has 0 fully saturated rings. The number of phenols is 1. The number of aromatic hydroxyl groups is 1. The Hall–Kier alpha value is -3.80. The molecule has 4 aromatic carbocycles. The van der Waals surface area contributed by atoms with E-state index >= 15 is 0 Å². The molecule has 2 N–H and O–H groups in total. The van der Waals surface area contributed by atoms with Crippen LogP contribution in [0.2, 0.25) is 0 Å². The first-order chi connectivity index (χ1) is 14.6. The Morgan fingerprint density at radius 1 is 0.833 bits per heavy atom. The third-order valence-corrected chi connectivity index (χ3v) is 5.00. The molecule has 4 rings (SSSR count). The molecule has 30 heavy (non-hydrogen) atoms. The summed E-state index contributed by atoms with van der Waals surface area (Å²) in [7, 11) is 1.65. The van der Waals surface area contributed by atoms with E-state index in [1.807, 2.05) is 67.6 Å². The van der Waals surface area contributed by atoms with Crippen LogP contribution in [0.1, 0.15) is 12.5 Å². The first-order valence-corrected chi connectivity index (χ1v) is 9.86. The van der Waals surface area contributed by atoms with E-state index in [0.717, 1.165) is 45.0 Å². The zero-order chi connectivity index (χ0) is 21.1. The topological polar surface area (TPSA) is 81.7 Å². The van der Waals surface area contributed by atoms with Crippen LogP contribution in [0.15, 0.2) is 81.1 Å². The standard InChI is InChI=1S/C24H23N5O/c1-4-26-17-9-10-18-16(14-17)13-15(2)23(24(18)30)29-28-22-12-11-21(27-25-3)19-7-5-6-8-20(19)22/h5-14,26,30H,4H2,1-3H3. The van der Waals surface area contributed by atoms with Gasteiger partial charge in [0, 0.05) is 35.4 Å². The van der Waals surface area contributed by atoms with Crippen molar-refractivity contribution in [3.63, 3.8) is 0 Å². The molecule has 0 aliphatic carbocycles. The van der Waals surface area contributed by atoms with E-state index in [1.165, 1.54) is 0 Å². The zero-order valence-electron chi connectivity index (χ0n) is 17.2. The van der Waals surface area contributed by atoms with Crippen LogP contribution >= 0.6 is 0 Å². The van der Waals surface area contributed by atoms with Crippen molar-refractivity contribution >= 4 is 44.3 Å². The molecule has 0 bridgehead atoms. The highest BCUT2D eigenvalue weighted by atomic mass is 16.3. The fraction of sp³-hybridized carbons (Fsp3) is 0.167. The Bertz CT molecular complexity index is 1290. The van der Waals surface area contributed by atoms with Gasteiger partial charge in [0.1, 0.15) is 5.69 Å². The van der Waals surface area contributed by atoms with Crippen LogP contribution in [0.4, 0.5) is 22.7 Å². The summed E-state index contributed by atoms with van der Waals surface area (Å²) in [6, 6.07) is 19.5. The number of hydrogen-bond donors (Lipinski definition) is 2. The van der Waals surface area contributed by atoms with Gasteiger partial charge in [-0.3, -0.25) is 0 Å². The number of phenolic OH excluding ortho intramolecular Hbond substituents is 1. The predicted molar refractivity (Wildman–Crippen MR) is 123 cm³/mol. The average Bonchev–Trinajstić information content (AvgIpc) is 2.75. The summed E-state index contributed by atoms with van der Waals surface area (Å²) in [6.07, 6.45) is 0. The highest BCUT2D eigenvalue weighted by molar-refractivity contribution is 6.00. The van der Waals surface area contributed by atoms with E-state index in [-0.39, 0.29) is 5.75 Å². The molecule has 0 unspecified atom stereocenters. The van der Waals surface area contributed by atoms with Gasteiger partial charge < -0.3 is 10.4 Å².